The van der Waals surface area contributed by atoms with Gasteiger partial charge in [-0.15, -0.1) is 15.3 Å². The van der Waals surface area contributed by atoms with Gasteiger partial charge in [-0.1, -0.05) is 38.5 Å². The summed E-state index contributed by atoms with van der Waals surface area (Å²) in [6.45, 7) is 2.04. The monoisotopic (exact) mass is 1100 g/mol. The van der Waals surface area contributed by atoms with Crippen molar-refractivity contribution in [2.75, 3.05) is 47.2 Å². The van der Waals surface area contributed by atoms with Gasteiger partial charge in [0.1, 0.15) is 11.5 Å². The van der Waals surface area contributed by atoms with E-state index in [9.17, 15) is 18.8 Å². The van der Waals surface area contributed by atoms with E-state index in [1.807, 2.05) is 45.4 Å². The SMILES string of the molecule is Cn1nc(OCC2CCCC2)c2ccc(NC(=O)c3ccc(F)cn3)cc21.Cn1nc(OCC2CCCC2)c2ncc(NC(=O)c3ncccc3N)cc21.Cn1nc(OCC2CCCC2)c2ncc(NC(=O)c3ncccc3N)cc21. The van der Waals surface area contributed by atoms with Crippen LogP contribution in [0.4, 0.5) is 32.8 Å². The highest BCUT2D eigenvalue weighted by atomic mass is 19.1. The molecule has 3 fully saturated rings. The highest BCUT2D eigenvalue weighted by molar-refractivity contribution is 6.08. The number of fused-ring (bicyclic) bond motifs is 3. The summed E-state index contributed by atoms with van der Waals surface area (Å²) in [7, 11) is 5.50. The molecule has 3 saturated carbocycles. The summed E-state index contributed by atoms with van der Waals surface area (Å²) in [6.07, 6.45) is 22.2. The van der Waals surface area contributed by atoms with Gasteiger partial charge in [0.05, 0.1) is 83.1 Å². The van der Waals surface area contributed by atoms with Crippen LogP contribution in [0.1, 0.15) is 109 Å². The van der Waals surface area contributed by atoms with Gasteiger partial charge >= 0.3 is 0 Å². The van der Waals surface area contributed by atoms with E-state index >= 15 is 0 Å². The number of nitrogens with zero attached hydrogens (tertiary/aromatic N) is 11. The first-order valence-electron chi connectivity index (χ1n) is 27.3. The minimum absolute atomic E-state index is 0.155. The molecule has 8 aromatic heterocycles. The Hall–Kier alpha value is -9.28. The van der Waals surface area contributed by atoms with E-state index < -0.39 is 11.7 Å². The van der Waals surface area contributed by atoms with Gasteiger partial charge in [-0.05, 0) is 123 Å². The van der Waals surface area contributed by atoms with Gasteiger partial charge in [0, 0.05) is 39.2 Å². The zero-order valence-electron chi connectivity index (χ0n) is 45.5. The van der Waals surface area contributed by atoms with Crippen LogP contribution in [-0.2, 0) is 21.1 Å². The molecule has 3 aliphatic carbocycles. The first kappa shape index (κ1) is 55.1. The Morgan fingerprint density at radius 2 is 0.951 bits per heavy atom. The minimum atomic E-state index is -0.479. The van der Waals surface area contributed by atoms with Gasteiger partial charge in [-0.25, -0.2) is 29.3 Å². The Labute approximate surface area is 466 Å². The minimum Gasteiger partial charge on any atom is -0.476 e. The third-order valence-corrected chi connectivity index (χ3v) is 14.8. The number of ether oxygens (including phenoxy) is 3. The molecule has 0 unspecified atom stereocenters. The largest absolute Gasteiger partial charge is 0.476 e. The van der Waals surface area contributed by atoms with E-state index in [0.29, 0.717) is 94.7 Å². The second kappa shape index (κ2) is 25.2. The van der Waals surface area contributed by atoms with Crippen LogP contribution in [0.2, 0.25) is 0 Å². The molecule has 0 spiro atoms. The van der Waals surface area contributed by atoms with Crippen molar-refractivity contribution in [3.63, 3.8) is 0 Å². The van der Waals surface area contributed by atoms with Crippen LogP contribution in [0.5, 0.6) is 17.6 Å². The fourth-order valence-corrected chi connectivity index (χ4v) is 10.4. The maximum Gasteiger partial charge on any atom is 0.276 e. The molecule has 0 aliphatic heterocycles. The van der Waals surface area contributed by atoms with Gasteiger partial charge in [0.25, 0.3) is 29.5 Å². The molecule has 81 heavy (non-hydrogen) atoms. The van der Waals surface area contributed by atoms with Crippen LogP contribution in [0, 0.1) is 23.6 Å². The topological polar surface area (TPSA) is 285 Å². The second-order valence-electron chi connectivity index (χ2n) is 20.7. The Morgan fingerprint density at radius 3 is 1.41 bits per heavy atom. The number of benzene rings is 1. The molecule has 3 aliphatic rings. The number of hydrogen-bond donors (Lipinski definition) is 5. The first-order valence-corrected chi connectivity index (χ1v) is 27.3. The summed E-state index contributed by atoms with van der Waals surface area (Å²) in [5.74, 6) is 1.87. The lowest BCUT2D eigenvalue weighted by atomic mass is 10.1. The quantitative estimate of drug-likeness (QED) is 0.0639. The van der Waals surface area contributed by atoms with Crippen LogP contribution in [0.25, 0.3) is 33.0 Å². The maximum atomic E-state index is 12.9. The third kappa shape index (κ3) is 13.4. The van der Waals surface area contributed by atoms with Crippen molar-refractivity contribution in [3.05, 3.63) is 121 Å². The molecular weight excluding hydrogens is 1040 g/mol. The normalized spacial score (nSPS) is 14.6. The van der Waals surface area contributed by atoms with Crippen molar-refractivity contribution in [2.45, 2.75) is 77.0 Å². The van der Waals surface area contributed by atoms with Crippen molar-refractivity contribution < 1.29 is 33.0 Å². The molecule has 0 radical (unpaired) electrons. The molecule has 420 valence electrons. The van der Waals surface area contributed by atoms with Crippen molar-refractivity contribution in [3.8, 4) is 17.6 Å². The third-order valence-electron chi connectivity index (χ3n) is 14.8. The van der Waals surface area contributed by atoms with Crippen LogP contribution >= 0.6 is 0 Å². The van der Waals surface area contributed by atoms with E-state index in [1.54, 1.807) is 56.8 Å². The van der Waals surface area contributed by atoms with Gasteiger partial charge in [-0.3, -0.25) is 28.4 Å². The molecular formula is C58H65FN16O6. The maximum absolute atomic E-state index is 12.9. The molecule has 7 N–H and O–H groups in total. The number of amides is 3. The standard InChI is InChI=1S/C20H21FN4O2.2C19H22N6O2/c1-25-18-10-15(23-19(26)17-9-6-14(21)11-22-17)7-8-16(18)20(24-25)27-12-13-4-2-3-5-13;2*1-25-15-9-13(23-18(26)16-14(20)7-4-8-21-16)10-22-17(15)19(24-25)27-11-12-5-2-3-6-12/h6-11,13H,2-5,12H2,1H3,(H,23,26);2*4,7-10,12H,2-3,5-6,11,20H2,1H3,(H,23,26). The number of anilines is 5. The van der Waals surface area contributed by atoms with Crippen LogP contribution in [0.3, 0.4) is 0 Å². The highest BCUT2D eigenvalue weighted by Crippen LogP contribution is 2.33. The number of aryl methyl sites for hydroxylation is 3. The van der Waals surface area contributed by atoms with Gasteiger partial charge in [0.2, 0.25) is 5.88 Å². The average Bonchev–Trinajstić information content (AvgIpc) is 4.44. The van der Waals surface area contributed by atoms with Crippen molar-refractivity contribution >= 4 is 79.1 Å². The van der Waals surface area contributed by atoms with Gasteiger partial charge in [-0.2, -0.15) is 0 Å². The average molecular weight is 1100 g/mol. The Kier molecular flexibility index (Phi) is 17.1. The Balaban J connectivity index is 0.000000136. The fourth-order valence-electron chi connectivity index (χ4n) is 10.4. The number of pyridine rings is 5. The number of nitrogens with one attached hydrogen (secondary N) is 3. The number of nitrogen functional groups attached to an aromatic ring is 2. The lowest BCUT2D eigenvalue weighted by Gasteiger charge is -2.09. The van der Waals surface area contributed by atoms with E-state index in [0.717, 1.165) is 28.1 Å². The summed E-state index contributed by atoms with van der Waals surface area (Å²) in [4.78, 5) is 57.8. The van der Waals surface area contributed by atoms with Crippen LogP contribution in [-0.4, -0.2) is 91.8 Å². The smallest absolute Gasteiger partial charge is 0.276 e. The van der Waals surface area contributed by atoms with E-state index in [2.05, 4.69) is 56.2 Å². The predicted octanol–water partition coefficient (Wildman–Crippen LogP) is 9.46. The fraction of sp³-hybridized carbons (Fsp3) is 0.362. The van der Waals surface area contributed by atoms with Crippen LogP contribution < -0.4 is 41.6 Å². The van der Waals surface area contributed by atoms with E-state index in [4.69, 9.17) is 25.7 Å². The second-order valence-corrected chi connectivity index (χ2v) is 20.7. The number of halogens is 1. The Morgan fingerprint density at radius 1 is 0.519 bits per heavy atom. The summed E-state index contributed by atoms with van der Waals surface area (Å²) in [5, 5.41) is 22.6. The van der Waals surface area contributed by atoms with Gasteiger partial charge < -0.3 is 41.6 Å². The molecule has 0 atom stereocenters. The lowest BCUT2D eigenvalue weighted by molar-refractivity contribution is 0.101. The first-order chi connectivity index (χ1) is 39.3. The van der Waals surface area contributed by atoms with Crippen molar-refractivity contribution in [1.29, 1.82) is 0 Å². The zero-order chi connectivity index (χ0) is 56.4. The number of hydrogen-bond acceptors (Lipinski definition) is 16. The summed E-state index contributed by atoms with van der Waals surface area (Å²) in [5.41, 5.74) is 18.3. The predicted molar refractivity (Wildman–Crippen MR) is 305 cm³/mol. The number of nitrogens with two attached hydrogens (primary N) is 2. The highest BCUT2D eigenvalue weighted by Gasteiger charge is 2.23. The molecule has 12 rings (SSSR count). The summed E-state index contributed by atoms with van der Waals surface area (Å²) in [6, 6.07) is 18.4. The van der Waals surface area contributed by atoms with Crippen molar-refractivity contribution in [2.24, 2.45) is 38.9 Å². The van der Waals surface area contributed by atoms with Gasteiger partial charge in [0.15, 0.2) is 22.4 Å². The summed E-state index contributed by atoms with van der Waals surface area (Å²) < 4.78 is 35.9. The molecule has 23 heteroatoms. The molecule has 3 amide bonds. The van der Waals surface area contributed by atoms with Crippen molar-refractivity contribution in [1.82, 2.24) is 54.3 Å². The van der Waals surface area contributed by atoms with E-state index in [1.165, 1.54) is 102 Å². The van der Waals surface area contributed by atoms with Crippen LogP contribution in [0.15, 0.2) is 97.7 Å². The number of carbonyl (C=O) groups is 3. The Bertz CT molecular complexity index is 3520. The number of carbonyl (C=O) groups excluding carboxylic acids is 3. The molecule has 0 bridgehead atoms. The molecule has 8 heterocycles. The van der Waals surface area contributed by atoms with E-state index in [-0.39, 0.29) is 28.9 Å². The lowest BCUT2D eigenvalue weighted by Crippen LogP contribution is -2.15. The number of rotatable bonds is 15. The molecule has 22 nitrogen and oxygen atoms in total. The number of aromatic nitrogens is 11. The molecule has 9 aromatic rings. The zero-order valence-corrected chi connectivity index (χ0v) is 45.5. The molecule has 0 saturated heterocycles. The summed E-state index contributed by atoms with van der Waals surface area (Å²) >= 11 is 0. The molecule has 1 aromatic carbocycles.